The topological polar surface area (TPSA) is 67.8 Å². The number of para-hydroxylation sites is 1. The third-order valence-electron chi connectivity index (χ3n) is 5.17. The summed E-state index contributed by atoms with van der Waals surface area (Å²) < 4.78 is 0. The lowest BCUT2D eigenvalue weighted by Crippen LogP contribution is -2.27. The Morgan fingerprint density at radius 3 is 2.83 bits per heavy atom. The zero-order valence-corrected chi connectivity index (χ0v) is 16.8. The van der Waals surface area contributed by atoms with Crippen molar-refractivity contribution in [2.24, 2.45) is 0 Å². The Bertz CT molecular complexity index is 1180. The number of amides is 1. The van der Waals surface area contributed by atoms with E-state index >= 15 is 0 Å². The predicted octanol–water partition coefficient (Wildman–Crippen LogP) is 5.12. The lowest BCUT2D eigenvalue weighted by atomic mass is 10.0. The number of fused-ring (bicyclic) bond motifs is 1. The SMILES string of the molecule is CC(NC(=O)c1cc(C2CC2)nc2ccccc12)c1nc(-c2cccnc2)cs1. The minimum Gasteiger partial charge on any atom is -0.343 e. The molecule has 1 atom stereocenters. The number of rotatable bonds is 5. The number of aromatic nitrogens is 3. The summed E-state index contributed by atoms with van der Waals surface area (Å²) in [6.45, 7) is 1.97. The number of hydrogen-bond acceptors (Lipinski definition) is 5. The van der Waals surface area contributed by atoms with Gasteiger partial charge in [-0.25, -0.2) is 4.98 Å². The maximum atomic E-state index is 13.1. The van der Waals surface area contributed by atoms with Crippen LogP contribution in [0, 0.1) is 0 Å². The molecule has 144 valence electrons. The molecular weight excluding hydrogens is 380 g/mol. The fourth-order valence-corrected chi connectivity index (χ4v) is 4.28. The Labute approximate surface area is 172 Å². The Hall–Kier alpha value is -3.12. The molecule has 1 aromatic carbocycles. The van der Waals surface area contributed by atoms with E-state index in [-0.39, 0.29) is 11.9 Å². The second-order valence-electron chi connectivity index (χ2n) is 7.39. The average molecular weight is 401 g/mol. The standard InChI is InChI=1S/C23H20N4OS/c1-14(23-27-21(13-29-23)16-5-4-10-24-12-16)25-22(28)18-11-20(15-8-9-15)26-19-7-3-2-6-17(18)19/h2-7,10-15H,8-9H2,1H3,(H,25,28). The van der Waals surface area contributed by atoms with Gasteiger partial charge in [0, 0.05) is 40.3 Å². The quantitative estimate of drug-likeness (QED) is 0.505. The number of pyridine rings is 2. The van der Waals surface area contributed by atoms with Crippen LogP contribution < -0.4 is 5.32 Å². The zero-order chi connectivity index (χ0) is 19.8. The van der Waals surface area contributed by atoms with E-state index < -0.39 is 0 Å². The van der Waals surface area contributed by atoms with Gasteiger partial charge in [0.05, 0.1) is 22.8 Å². The Morgan fingerprint density at radius 2 is 2.03 bits per heavy atom. The summed E-state index contributed by atoms with van der Waals surface area (Å²) in [5.41, 5.74) is 4.44. The summed E-state index contributed by atoms with van der Waals surface area (Å²) in [5, 5.41) is 6.88. The Morgan fingerprint density at radius 1 is 1.17 bits per heavy atom. The highest BCUT2D eigenvalue weighted by Crippen LogP contribution is 2.40. The van der Waals surface area contributed by atoms with Gasteiger partial charge >= 0.3 is 0 Å². The maximum absolute atomic E-state index is 13.1. The number of benzene rings is 1. The van der Waals surface area contributed by atoms with Gasteiger partial charge in [0.25, 0.3) is 5.91 Å². The van der Waals surface area contributed by atoms with Crippen molar-refractivity contribution in [1.29, 1.82) is 0 Å². The highest BCUT2D eigenvalue weighted by Gasteiger charge is 2.27. The van der Waals surface area contributed by atoms with E-state index in [2.05, 4.69) is 10.3 Å². The zero-order valence-electron chi connectivity index (χ0n) is 16.0. The summed E-state index contributed by atoms with van der Waals surface area (Å²) >= 11 is 1.55. The van der Waals surface area contributed by atoms with Crippen LogP contribution in [0.4, 0.5) is 0 Å². The van der Waals surface area contributed by atoms with Crippen LogP contribution in [0.3, 0.4) is 0 Å². The minimum atomic E-state index is -0.186. The smallest absolute Gasteiger partial charge is 0.252 e. The van der Waals surface area contributed by atoms with Crippen molar-refractivity contribution in [3.05, 3.63) is 76.5 Å². The normalized spacial score (nSPS) is 14.7. The molecule has 3 heterocycles. The number of thiazole rings is 1. The van der Waals surface area contributed by atoms with Gasteiger partial charge in [0.2, 0.25) is 0 Å². The molecule has 1 amide bonds. The van der Waals surface area contributed by atoms with Gasteiger partial charge in [0.15, 0.2) is 0 Å². The number of nitrogens with one attached hydrogen (secondary N) is 1. The fraction of sp³-hybridized carbons (Fsp3) is 0.217. The molecule has 1 fully saturated rings. The molecule has 0 spiro atoms. The van der Waals surface area contributed by atoms with Crippen molar-refractivity contribution in [2.45, 2.75) is 31.7 Å². The predicted molar refractivity (Wildman–Crippen MR) is 115 cm³/mol. The third kappa shape index (κ3) is 3.63. The van der Waals surface area contributed by atoms with Crippen LogP contribution in [0.2, 0.25) is 0 Å². The second-order valence-corrected chi connectivity index (χ2v) is 8.28. The molecule has 0 radical (unpaired) electrons. The summed E-state index contributed by atoms with van der Waals surface area (Å²) in [4.78, 5) is 26.7. The van der Waals surface area contributed by atoms with Gasteiger partial charge in [0.1, 0.15) is 5.01 Å². The molecule has 0 bridgehead atoms. The van der Waals surface area contributed by atoms with E-state index in [1.807, 2.05) is 54.8 Å². The van der Waals surface area contributed by atoms with Crippen molar-refractivity contribution in [3.8, 4) is 11.3 Å². The number of carbonyl (C=O) groups excluding carboxylic acids is 1. The van der Waals surface area contributed by atoms with E-state index in [0.29, 0.717) is 11.5 Å². The fourth-order valence-electron chi connectivity index (χ4n) is 3.44. The first-order valence-corrected chi connectivity index (χ1v) is 10.6. The molecule has 4 aromatic rings. The highest BCUT2D eigenvalue weighted by molar-refractivity contribution is 7.10. The molecule has 5 nitrogen and oxygen atoms in total. The van der Waals surface area contributed by atoms with Gasteiger partial charge < -0.3 is 5.32 Å². The molecule has 0 saturated heterocycles. The molecule has 1 saturated carbocycles. The lowest BCUT2D eigenvalue weighted by molar-refractivity contribution is 0.0941. The third-order valence-corrected chi connectivity index (χ3v) is 6.20. The van der Waals surface area contributed by atoms with Gasteiger partial charge in [-0.1, -0.05) is 18.2 Å². The summed E-state index contributed by atoms with van der Waals surface area (Å²) in [7, 11) is 0. The molecule has 0 aliphatic heterocycles. The van der Waals surface area contributed by atoms with Crippen molar-refractivity contribution in [3.63, 3.8) is 0 Å². The lowest BCUT2D eigenvalue weighted by Gasteiger charge is -2.14. The van der Waals surface area contributed by atoms with Gasteiger partial charge in [-0.15, -0.1) is 11.3 Å². The summed E-state index contributed by atoms with van der Waals surface area (Å²) in [6, 6.07) is 13.5. The van der Waals surface area contributed by atoms with Crippen LogP contribution in [0.1, 0.15) is 52.8 Å². The highest BCUT2D eigenvalue weighted by atomic mass is 32.1. The molecular formula is C23H20N4OS. The maximum Gasteiger partial charge on any atom is 0.252 e. The largest absolute Gasteiger partial charge is 0.343 e. The molecule has 1 N–H and O–H groups in total. The summed E-state index contributed by atoms with van der Waals surface area (Å²) in [6.07, 6.45) is 5.84. The van der Waals surface area contributed by atoms with Crippen LogP contribution in [-0.2, 0) is 0 Å². The van der Waals surface area contributed by atoms with Crippen LogP contribution in [0.25, 0.3) is 22.2 Å². The first-order chi connectivity index (χ1) is 14.2. The van der Waals surface area contributed by atoms with Crippen molar-refractivity contribution < 1.29 is 4.79 Å². The molecule has 5 rings (SSSR count). The van der Waals surface area contributed by atoms with E-state index in [0.717, 1.165) is 45.7 Å². The van der Waals surface area contributed by atoms with Crippen molar-refractivity contribution >= 4 is 28.1 Å². The first-order valence-electron chi connectivity index (χ1n) is 9.75. The number of nitrogens with zero attached hydrogens (tertiary/aromatic N) is 3. The van der Waals surface area contributed by atoms with Crippen LogP contribution in [0.15, 0.2) is 60.2 Å². The van der Waals surface area contributed by atoms with Gasteiger partial charge in [-0.3, -0.25) is 14.8 Å². The van der Waals surface area contributed by atoms with Crippen LogP contribution in [0.5, 0.6) is 0 Å². The summed E-state index contributed by atoms with van der Waals surface area (Å²) in [5.74, 6) is 0.403. The van der Waals surface area contributed by atoms with Crippen molar-refractivity contribution in [2.75, 3.05) is 0 Å². The second kappa shape index (κ2) is 7.37. The van der Waals surface area contributed by atoms with Crippen molar-refractivity contribution in [1.82, 2.24) is 20.3 Å². The van der Waals surface area contributed by atoms with E-state index in [4.69, 9.17) is 9.97 Å². The van der Waals surface area contributed by atoms with E-state index in [1.165, 1.54) is 0 Å². The van der Waals surface area contributed by atoms with Gasteiger partial charge in [-0.2, -0.15) is 0 Å². The first kappa shape index (κ1) is 17.9. The monoisotopic (exact) mass is 400 g/mol. The molecule has 1 aliphatic carbocycles. The minimum absolute atomic E-state index is 0.0869. The van der Waals surface area contributed by atoms with E-state index in [9.17, 15) is 4.79 Å². The molecule has 6 heteroatoms. The Balaban J connectivity index is 1.41. The number of hydrogen-bond donors (Lipinski definition) is 1. The van der Waals surface area contributed by atoms with Crippen LogP contribution >= 0.6 is 11.3 Å². The number of carbonyl (C=O) groups is 1. The van der Waals surface area contributed by atoms with Crippen LogP contribution in [-0.4, -0.2) is 20.9 Å². The molecule has 1 unspecified atom stereocenters. The molecule has 1 aliphatic rings. The van der Waals surface area contributed by atoms with Gasteiger partial charge in [-0.05, 0) is 44.0 Å². The molecule has 3 aromatic heterocycles. The molecule has 29 heavy (non-hydrogen) atoms. The van der Waals surface area contributed by atoms with E-state index in [1.54, 1.807) is 23.7 Å². The average Bonchev–Trinajstić information content (AvgIpc) is 3.49. The Kier molecular flexibility index (Phi) is 4.56.